The number of carbonyl (C=O) groups excluding carboxylic acids is 1. The molecule has 3 rings (SSSR count). The number of hydrogen-bond acceptors (Lipinski definition) is 4. The fourth-order valence-electron chi connectivity index (χ4n) is 3.58. The maximum Gasteiger partial charge on any atom is 0.387 e. The van der Waals surface area contributed by atoms with Crippen LogP contribution in [0.2, 0.25) is 0 Å². The third-order valence-corrected chi connectivity index (χ3v) is 5.26. The lowest BCUT2D eigenvalue weighted by Gasteiger charge is -2.36. The summed E-state index contributed by atoms with van der Waals surface area (Å²) in [5.41, 5.74) is 2.67. The van der Waals surface area contributed by atoms with Crippen LogP contribution >= 0.6 is 0 Å². The van der Waals surface area contributed by atoms with Crippen molar-refractivity contribution in [2.24, 2.45) is 4.99 Å². The molecule has 1 saturated heterocycles. The fourth-order valence-corrected chi connectivity index (χ4v) is 3.58. The summed E-state index contributed by atoms with van der Waals surface area (Å²) >= 11 is 0. The number of alkyl halides is 2. The van der Waals surface area contributed by atoms with Crippen LogP contribution in [0, 0.1) is 6.92 Å². The Kier molecular flexibility index (Phi) is 8.24. The van der Waals surface area contributed by atoms with Gasteiger partial charge >= 0.3 is 6.61 Å². The van der Waals surface area contributed by atoms with E-state index in [9.17, 15) is 13.6 Å². The summed E-state index contributed by atoms with van der Waals surface area (Å²) in [7, 11) is 1.59. The van der Waals surface area contributed by atoms with Gasteiger partial charge in [0.05, 0.1) is 6.54 Å². The Morgan fingerprint density at radius 1 is 1.09 bits per heavy atom. The van der Waals surface area contributed by atoms with Crippen molar-refractivity contribution in [3.63, 3.8) is 0 Å². The van der Waals surface area contributed by atoms with Crippen LogP contribution < -0.4 is 20.3 Å². The van der Waals surface area contributed by atoms with E-state index in [0.29, 0.717) is 24.6 Å². The number of carbonyl (C=O) groups is 1. The molecule has 0 atom stereocenters. The van der Waals surface area contributed by atoms with Gasteiger partial charge in [-0.3, -0.25) is 9.79 Å². The number of nitrogens with one attached hydrogen (secondary N) is 2. The lowest BCUT2D eigenvalue weighted by molar-refractivity contribution is -0.130. The van der Waals surface area contributed by atoms with Crippen molar-refractivity contribution in [3.05, 3.63) is 59.7 Å². The van der Waals surface area contributed by atoms with Gasteiger partial charge in [0.2, 0.25) is 5.91 Å². The van der Waals surface area contributed by atoms with Crippen molar-refractivity contribution in [1.29, 1.82) is 0 Å². The molecule has 0 saturated carbocycles. The minimum absolute atomic E-state index is 0.0158. The summed E-state index contributed by atoms with van der Waals surface area (Å²) < 4.78 is 29.9. The standard InChI is InChI=1S/C23H29F2N5O2/c1-17-8-9-20(32-22(24)25)18(14-17)15-27-23(26-2)28-16-21(31)30-12-10-29(11-13-30)19-6-4-3-5-7-19/h3-9,14,22H,10-13,15-16H2,1-2H3,(H2,26,27,28). The van der Waals surface area contributed by atoms with Crippen LogP contribution in [0.1, 0.15) is 11.1 Å². The Labute approximate surface area is 187 Å². The van der Waals surface area contributed by atoms with E-state index in [0.717, 1.165) is 24.3 Å². The maximum atomic E-state index is 12.6. The fraction of sp³-hybridized carbons (Fsp3) is 0.391. The highest BCUT2D eigenvalue weighted by molar-refractivity contribution is 5.86. The van der Waals surface area contributed by atoms with Crippen LogP contribution in [0.15, 0.2) is 53.5 Å². The number of para-hydroxylation sites is 1. The zero-order valence-electron chi connectivity index (χ0n) is 18.4. The molecule has 7 nitrogen and oxygen atoms in total. The van der Waals surface area contributed by atoms with E-state index in [4.69, 9.17) is 0 Å². The van der Waals surface area contributed by atoms with Crippen LogP contribution in [0.5, 0.6) is 5.75 Å². The Morgan fingerprint density at radius 2 is 1.81 bits per heavy atom. The summed E-state index contributed by atoms with van der Waals surface area (Å²) in [6, 6.07) is 15.2. The smallest absolute Gasteiger partial charge is 0.387 e. The molecule has 32 heavy (non-hydrogen) atoms. The van der Waals surface area contributed by atoms with Crippen molar-refractivity contribution in [3.8, 4) is 5.75 Å². The summed E-state index contributed by atoms with van der Waals surface area (Å²) in [6.07, 6.45) is 0. The van der Waals surface area contributed by atoms with E-state index in [2.05, 4.69) is 37.4 Å². The highest BCUT2D eigenvalue weighted by atomic mass is 19.3. The number of benzene rings is 2. The molecule has 0 spiro atoms. The van der Waals surface area contributed by atoms with Gasteiger partial charge in [-0.05, 0) is 25.1 Å². The Hall–Kier alpha value is -3.36. The lowest BCUT2D eigenvalue weighted by atomic mass is 10.1. The predicted molar refractivity (Wildman–Crippen MR) is 121 cm³/mol. The Bertz CT molecular complexity index is 916. The number of nitrogens with zero attached hydrogens (tertiary/aromatic N) is 3. The molecule has 172 valence electrons. The van der Waals surface area contributed by atoms with Crippen LogP contribution in [0.4, 0.5) is 14.5 Å². The van der Waals surface area contributed by atoms with Gasteiger partial charge in [0.25, 0.3) is 0 Å². The van der Waals surface area contributed by atoms with E-state index >= 15 is 0 Å². The second-order valence-corrected chi connectivity index (χ2v) is 7.47. The SMILES string of the molecule is CN=C(NCC(=O)N1CCN(c2ccccc2)CC1)NCc1cc(C)ccc1OC(F)F. The summed E-state index contributed by atoms with van der Waals surface area (Å²) in [4.78, 5) is 20.8. The first-order valence-electron chi connectivity index (χ1n) is 10.5. The molecule has 0 bridgehead atoms. The average molecular weight is 446 g/mol. The molecule has 0 aromatic heterocycles. The zero-order valence-corrected chi connectivity index (χ0v) is 18.4. The Morgan fingerprint density at radius 3 is 2.47 bits per heavy atom. The highest BCUT2D eigenvalue weighted by Gasteiger charge is 2.21. The van der Waals surface area contributed by atoms with Crippen molar-refractivity contribution in [2.75, 3.05) is 44.7 Å². The molecule has 2 aromatic rings. The van der Waals surface area contributed by atoms with Crippen LogP contribution in [-0.4, -0.2) is 63.1 Å². The van der Waals surface area contributed by atoms with Crippen LogP contribution in [0.25, 0.3) is 0 Å². The van der Waals surface area contributed by atoms with Crippen LogP contribution in [0.3, 0.4) is 0 Å². The van der Waals surface area contributed by atoms with E-state index in [1.807, 2.05) is 30.0 Å². The molecular weight excluding hydrogens is 416 g/mol. The number of hydrogen-bond donors (Lipinski definition) is 2. The van der Waals surface area contributed by atoms with E-state index in [1.54, 1.807) is 19.2 Å². The summed E-state index contributed by atoms with van der Waals surface area (Å²) in [5, 5.41) is 6.05. The number of piperazine rings is 1. The van der Waals surface area contributed by atoms with E-state index in [-0.39, 0.29) is 24.7 Å². The van der Waals surface area contributed by atoms with E-state index in [1.165, 1.54) is 6.07 Å². The van der Waals surface area contributed by atoms with Crippen molar-refractivity contribution >= 4 is 17.6 Å². The van der Waals surface area contributed by atoms with Gasteiger partial charge in [0.1, 0.15) is 5.75 Å². The third-order valence-electron chi connectivity index (χ3n) is 5.26. The monoisotopic (exact) mass is 445 g/mol. The van der Waals surface area contributed by atoms with Gasteiger partial charge in [-0.25, -0.2) is 0 Å². The topological polar surface area (TPSA) is 69.2 Å². The molecule has 1 aliphatic rings. The molecule has 9 heteroatoms. The molecule has 0 aliphatic carbocycles. The highest BCUT2D eigenvalue weighted by Crippen LogP contribution is 2.22. The largest absolute Gasteiger partial charge is 0.434 e. The van der Waals surface area contributed by atoms with Gasteiger partial charge in [-0.15, -0.1) is 0 Å². The number of anilines is 1. The number of rotatable bonds is 7. The number of ether oxygens (including phenoxy) is 1. The molecule has 1 amide bonds. The molecule has 2 N–H and O–H groups in total. The maximum absolute atomic E-state index is 12.6. The molecular formula is C23H29F2N5O2. The van der Waals surface area contributed by atoms with Crippen molar-refractivity contribution in [1.82, 2.24) is 15.5 Å². The van der Waals surface area contributed by atoms with Crippen molar-refractivity contribution in [2.45, 2.75) is 20.1 Å². The van der Waals surface area contributed by atoms with Crippen molar-refractivity contribution < 1.29 is 18.3 Å². The molecule has 0 radical (unpaired) electrons. The quantitative estimate of drug-likeness (QED) is 0.507. The first-order chi connectivity index (χ1) is 15.5. The number of aliphatic imine (C=N–C) groups is 1. The second kappa shape index (κ2) is 11.3. The molecule has 1 fully saturated rings. The zero-order chi connectivity index (χ0) is 22.9. The normalized spacial score (nSPS) is 14.5. The molecule has 2 aromatic carbocycles. The van der Waals surface area contributed by atoms with Gasteiger partial charge in [-0.2, -0.15) is 8.78 Å². The van der Waals surface area contributed by atoms with Gasteiger partial charge in [-0.1, -0.05) is 35.9 Å². The molecule has 0 unspecified atom stereocenters. The number of guanidine groups is 1. The second-order valence-electron chi connectivity index (χ2n) is 7.47. The molecule has 1 heterocycles. The lowest BCUT2D eigenvalue weighted by Crippen LogP contribution is -2.52. The van der Waals surface area contributed by atoms with Gasteiger partial charge in [0.15, 0.2) is 5.96 Å². The van der Waals surface area contributed by atoms with Crippen LogP contribution in [-0.2, 0) is 11.3 Å². The summed E-state index contributed by atoms with van der Waals surface area (Å²) in [5.74, 6) is 0.504. The average Bonchev–Trinajstić information content (AvgIpc) is 2.81. The number of aryl methyl sites for hydroxylation is 1. The first kappa shape index (κ1) is 23.3. The Balaban J connectivity index is 1.47. The summed E-state index contributed by atoms with van der Waals surface area (Å²) in [6.45, 7) is 2.17. The predicted octanol–water partition coefficient (Wildman–Crippen LogP) is 2.61. The minimum atomic E-state index is -2.89. The van der Waals surface area contributed by atoms with Gasteiger partial charge in [0, 0.05) is 51.0 Å². The molecule has 1 aliphatic heterocycles. The first-order valence-corrected chi connectivity index (χ1v) is 10.5. The number of amides is 1. The van der Waals surface area contributed by atoms with E-state index < -0.39 is 6.61 Å². The number of halogens is 2. The minimum Gasteiger partial charge on any atom is -0.434 e. The third kappa shape index (κ3) is 6.57. The van der Waals surface area contributed by atoms with Gasteiger partial charge < -0.3 is 25.2 Å².